The molecule has 2 amide bonds. The number of hydrogen-bond acceptors (Lipinski definition) is 4. The van der Waals surface area contributed by atoms with Gasteiger partial charge in [0.15, 0.2) is 0 Å². The second kappa shape index (κ2) is 13.9. The first-order chi connectivity index (χ1) is 18.5. The van der Waals surface area contributed by atoms with E-state index in [0.717, 1.165) is 15.4 Å². The Morgan fingerprint density at radius 2 is 1.41 bits per heavy atom. The molecule has 1 N–H and O–H groups in total. The van der Waals surface area contributed by atoms with E-state index in [4.69, 9.17) is 23.2 Å². The Labute approximate surface area is 240 Å². The van der Waals surface area contributed by atoms with E-state index in [2.05, 4.69) is 5.32 Å². The molecule has 0 spiro atoms. The van der Waals surface area contributed by atoms with Gasteiger partial charge in [-0.05, 0) is 53.4 Å². The Morgan fingerprint density at radius 1 is 0.846 bits per heavy atom. The van der Waals surface area contributed by atoms with Gasteiger partial charge >= 0.3 is 0 Å². The van der Waals surface area contributed by atoms with Crippen LogP contribution < -0.4 is 5.32 Å². The van der Waals surface area contributed by atoms with Crippen LogP contribution in [0.2, 0.25) is 10.0 Å². The van der Waals surface area contributed by atoms with E-state index in [1.807, 2.05) is 44.2 Å². The molecule has 0 radical (unpaired) electrons. The molecule has 3 rings (SSSR count). The number of likely N-dealkylation sites (N-methyl/N-ethyl adjacent to an activating group) is 1. The topological polar surface area (TPSA) is 86.8 Å². The monoisotopic (exact) mass is 589 g/mol. The van der Waals surface area contributed by atoms with Crippen molar-refractivity contribution >= 4 is 45.0 Å². The highest BCUT2D eigenvalue weighted by atomic mass is 35.5. The quantitative estimate of drug-likeness (QED) is 0.321. The van der Waals surface area contributed by atoms with Gasteiger partial charge in [0.05, 0.1) is 11.4 Å². The number of nitrogens with zero attached hydrogens (tertiary/aromatic N) is 2. The van der Waals surface area contributed by atoms with Crippen LogP contribution in [0.5, 0.6) is 0 Å². The van der Waals surface area contributed by atoms with Crippen molar-refractivity contribution in [2.45, 2.75) is 37.8 Å². The van der Waals surface area contributed by atoms with Crippen LogP contribution in [-0.2, 0) is 32.6 Å². The number of carbonyl (C=O) groups excluding carboxylic acids is 2. The first-order valence-electron chi connectivity index (χ1n) is 12.5. The Hall–Kier alpha value is -2.91. The van der Waals surface area contributed by atoms with Crippen LogP contribution in [0, 0.1) is 5.92 Å². The fourth-order valence-corrected chi connectivity index (χ4v) is 5.29. The zero-order valence-corrected chi connectivity index (χ0v) is 24.5. The second-order valence-electron chi connectivity index (χ2n) is 9.71. The van der Waals surface area contributed by atoms with Crippen molar-refractivity contribution in [1.82, 2.24) is 14.5 Å². The number of halogens is 2. The molecule has 10 heteroatoms. The van der Waals surface area contributed by atoms with Gasteiger partial charge in [-0.1, -0.05) is 79.5 Å². The van der Waals surface area contributed by atoms with E-state index < -0.39 is 28.5 Å². The number of carbonyl (C=O) groups is 2. The Morgan fingerprint density at radius 3 is 1.97 bits per heavy atom. The van der Waals surface area contributed by atoms with Crippen molar-refractivity contribution in [2.24, 2.45) is 5.92 Å². The van der Waals surface area contributed by atoms with Crippen LogP contribution >= 0.6 is 23.2 Å². The van der Waals surface area contributed by atoms with Crippen molar-refractivity contribution in [3.05, 3.63) is 100 Å². The number of nitrogens with one attached hydrogen (secondary N) is 1. The molecular weight excluding hydrogens is 557 g/mol. The SMILES string of the molecule is CC(C)CNC(=O)[C@@H](Cc1ccccc1)N(Cc1ccc(Cl)cc1)C(=O)CN(C)S(=O)(=O)c1ccc(Cl)cc1. The minimum Gasteiger partial charge on any atom is -0.354 e. The molecule has 0 aromatic heterocycles. The average Bonchev–Trinajstić information content (AvgIpc) is 2.91. The van der Waals surface area contributed by atoms with Crippen molar-refractivity contribution < 1.29 is 18.0 Å². The fraction of sp³-hybridized carbons (Fsp3) is 0.310. The smallest absolute Gasteiger partial charge is 0.243 e. The lowest BCUT2D eigenvalue weighted by Gasteiger charge is -2.33. The summed E-state index contributed by atoms with van der Waals surface area (Å²) in [4.78, 5) is 28.8. The number of hydrogen-bond donors (Lipinski definition) is 1. The maximum Gasteiger partial charge on any atom is 0.243 e. The summed E-state index contributed by atoms with van der Waals surface area (Å²) in [7, 11) is -2.64. The maximum absolute atomic E-state index is 13.8. The second-order valence-corrected chi connectivity index (χ2v) is 12.6. The third kappa shape index (κ3) is 8.80. The molecule has 3 aromatic carbocycles. The summed E-state index contributed by atoms with van der Waals surface area (Å²) >= 11 is 12.0. The lowest BCUT2D eigenvalue weighted by Crippen LogP contribution is -2.53. The number of sulfonamides is 1. The molecule has 0 saturated carbocycles. The van der Waals surface area contributed by atoms with Crippen LogP contribution in [0.15, 0.2) is 83.8 Å². The maximum atomic E-state index is 13.8. The van der Waals surface area contributed by atoms with Crippen LogP contribution in [-0.4, -0.2) is 55.6 Å². The summed E-state index contributed by atoms with van der Waals surface area (Å²) in [5, 5.41) is 3.89. The van der Waals surface area contributed by atoms with Gasteiger partial charge in [0.1, 0.15) is 6.04 Å². The van der Waals surface area contributed by atoms with Gasteiger partial charge in [-0.15, -0.1) is 0 Å². The van der Waals surface area contributed by atoms with E-state index >= 15 is 0 Å². The normalized spacial score (nSPS) is 12.4. The third-order valence-electron chi connectivity index (χ3n) is 6.10. The lowest BCUT2D eigenvalue weighted by molar-refractivity contribution is -0.141. The average molecular weight is 591 g/mol. The largest absolute Gasteiger partial charge is 0.354 e. The highest BCUT2D eigenvalue weighted by Gasteiger charge is 2.33. The molecule has 7 nitrogen and oxygen atoms in total. The lowest BCUT2D eigenvalue weighted by atomic mass is 10.0. The molecule has 0 fully saturated rings. The van der Waals surface area contributed by atoms with Crippen molar-refractivity contribution in [3.8, 4) is 0 Å². The van der Waals surface area contributed by atoms with Gasteiger partial charge in [-0.25, -0.2) is 8.42 Å². The zero-order valence-electron chi connectivity index (χ0n) is 22.2. The Kier molecular flexibility index (Phi) is 10.9. The van der Waals surface area contributed by atoms with Gasteiger partial charge in [0.25, 0.3) is 0 Å². The first-order valence-corrected chi connectivity index (χ1v) is 14.7. The van der Waals surface area contributed by atoms with E-state index in [0.29, 0.717) is 16.6 Å². The van der Waals surface area contributed by atoms with Crippen molar-refractivity contribution in [1.29, 1.82) is 0 Å². The first kappa shape index (κ1) is 30.6. The Balaban J connectivity index is 1.96. The number of amides is 2. The van der Waals surface area contributed by atoms with Gasteiger partial charge in [-0.3, -0.25) is 9.59 Å². The third-order valence-corrected chi connectivity index (χ3v) is 8.42. The van der Waals surface area contributed by atoms with Gasteiger partial charge in [0, 0.05) is 36.6 Å². The standard InChI is InChI=1S/C29H33Cl2N3O4S/c1-21(2)18-32-29(36)27(17-22-7-5-4-6-8-22)34(19-23-9-11-24(30)12-10-23)28(35)20-33(3)39(37,38)26-15-13-25(31)14-16-26/h4-16,21,27H,17-20H2,1-3H3,(H,32,36)/t27-/m1/s1. The molecular formula is C29H33Cl2N3O4S. The zero-order chi connectivity index (χ0) is 28.6. The van der Waals surface area contributed by atoms with E-state index in [9.17, 15) is 18.0 Å². The van der Waals surface area contributed by atoms with E-state index in [1.54, 1.807) is 24.3 Å². The minimum atomic E-state index is -3.98. The highest BCUT2D eigenvalue weighted by Crippen LogP contribution is 2.20. The van der Waals surface area contributed by atoms with E-state index in [1.165, 1.54) is 36.2 Å². The van der Waals surface area contributed by atoms with Crippen LogP contribution in [0.3, 0.4) is 0 Å². The molecule has 0 unspecified atom stereocenters. The number of benzene rings is 3. The minimum absolute atomic E-state index is 0.0157. The molecule has 0 saturated heterocycles. The molecule has 1 atom stereocenters. The molecule has 0 aliphatic carbocycles. The van der Waals surface area contributed by atoms with Gasteiger partial charge in [-0.2, -0.15) is 4.31 Å². The molecule has 3 aromatic rings. The van der Waals surface area contributed by atoms with Crippen molar-refractivity contribution in [2.75, 3.05) is 20.1 Å². The molecule has 39 heavy (non-hydrogen) atoms. The van der Waals surface area contributed by atoms with Gasteiger partial charge in [0.2, 0.25) is 21.8 Å². The van der Waals surface area contributed by atoms with Crippen LogP contribution in [0.1, 0.15) is 25.0 Å². The molecule has 0 aliphatic rings. The number of rotatable bonds is 12. The summed E-state index contributed by atoms with van der Waals surface area (Å²) in [6.07, 6.45) is 0.262. The van der Waals surface area contributed by atoms with E-state index in [-0.39, 0.29) is 29.7 Å². The van der Waals surface area contributed by atoms with Crippen LogP contribution in [0.25, 0.3) is 0 Å². The fourth-order valence-electron chi connectivity index (χ4n) is 3.92. The van der Waals surface area contributed by atoms with Gasteiger partial charge < -0.3 is 10.2 Å². The van der Waals surface area contributed by atoms with Crippen LogP contribution in [0.4, 0.5) is 0 Å². The summed E-state index contributed by atoms with van der Waals surface area (Å²) in [6.45, 7) is 4.05. The molecule has 208 valence electrons. The summed E-state index contributed by atoms with van der Waals surface area (Å²) < 4.78 is 27.4. The molecule has 0 heterocycles. The highest BCUT2D eigenvalue weighted by molar-refractivity contribution is 7.89. The summed E-state index contributed by atoms with van der Waals surface area (Å²) in [6, 6.07) is 21.3. The molecule has 0 aliphatic heterocycles. The summed E-state index contributed by atoms with van der Waals surface area (Å²) in [5.41, 5.74) is 1.63. The van der Waals surface area contributed by atoms with Crippen molar-refractivity contribution in [3.63, 3.8) is 0 Å². The predicted molar refractivity (Wildman–Crippen MR) is 155 cm³/mol. The Bertz CT molecular complexity index is 1350. The summed E-state index contributed by atoms with van der Waals surface area (Å²) in [5.74, 6) is -0.605. The molecule has 0 bridgehead atoms. The predicted octanol–water partition coefficient (Wildman–Crippen LogP) is 5.03.